The number of thiophene rings is 1. The van der Waals surface area contributed by atoms with Gasteiger partial charge in [0, 0.05) is 30.3 Å². The molecular weight excluding hydrogens is 340 g/mol. The maximum absolute atomic E-state index is 14.2. The fourth-order valence-electron chi connectivity index (χ4n) is 3.64. The highest BCUT2D eigenvalue weighted by atomic mass is 32.1. The Balaban J connectivity index is 1.59. The molecule has 3 aromatic rings. The van der Waals surface area contributed by atoms with E-state index in [9.17, 15) is 8.78 Å². The normalized spacial score (nSPS) is 18.6. The first-order valence-corrected chi connectivity index (χ1v) is 9.37. The molecule has 0 spiro atoms. The quantitative estimate of drug-likeness (QED) is 0.726. The van der Waals surface area contributed by atoms with Crippen LogP contribution in [0.2, 0.25) is 0 Å². The molecule has 0 saturated carbocycles. The summed E-state index contributed by atoms with van der Waals surface area (Å²) in [5.74, 6) is -0.897. The van der Waals surface area contributed by atoms with Gasteiger partial charge in [-0.3, -0.25) is 10.00 Å². The Morgan fingerprint density at radius 3 is 2.84 bits per heavy atom. The fraction of sp³-hybridized carbons (Fsp3) is 0.316. The van der Waals surface area contributed by atoms with Crippen molar-refractivity contribution in [3.63, 3.8) is 0 Å². The molecule has 2 aromatic heterocycles. The third-order valence-electron chi connectivity index (χ3n) is 4.80. The second kappa shape index (κ2) is 7.06. The van der Waals surface area contributed by atoms with Crippen molar-refractivity contribution in [1.82, 2.24) is 15.1 Å². The molecule has 1 aliphatic rings. The highest BCUT2D eigenvalue weighted by Gasteiger charge is 2.27. The van der Waals surface area contributed by atoms with Gasteiger partial charge in [0.15, 0.2) is 0 Å². The Labute approximate surface area is 149 Å². The zero-order valence-corrected chi connectivity index (χ0v) is 14.5. The molecule has 4 rings (SSSR count). The minimum atomic E-state index is -0.548. The van der Waals surface area contributed by atoms with Gasteiger partial charge < -0.3 is 0 Å². The summed E-state index contributed by atoms with van der Waals surface area (Å²) >= 11 is 1.70. The SMILES string of the molecule is Fc1cccc(F)c1-c1cn[nH]c1[C@H]1CCCN(Cc2ccsc2)C1. The van der Waals surface area contributed by atoms with Gasteiger partial charge in [-0.15, -0.1) is 0 Å². The van der Waals surface area contributed by atoms with Gasteiger partial charge in [-0.2, -0.15) is 16.4 Å². The lowest BCUT2D eigenvalue weighted by Crippen LogP contribution is -2.34. The maximum Gasteiger partial charge on any atom is 0.134 e. The first-order chi connectivity index (χ1) is 12.2. The number of nitrogens with zero attached hydrogens (tertiary/aromatic N) is 2. The monoisotopic (exact) mass is 359 g/mol. The lowest BCUT2D eigenvalue weighted by atomic mass is 9.90. The van der Waals surface area contributed by atoms with Crippen molar-refractivity contribution in [2.75, 3.05) is 13.1 Å². The summed E-state index contributed by atoms with van der Waals surface area (Å²) in [5.41, 5.74) is 2.70. The Morgan fingerprint density at radius 1 is 1.24 bits per heavy atom. The Bertz CT molecular complexity index is 824. The zero-order valence-electron chi connectivity index (χ0n) is 13.7. The van der Waals surface area contributed by atoms with E-state index in [0.29, 0.717) is 5.56 Å². The fourth-order valence-corrected chi connectivity index (χ4v) is 4.30. The van der Waals surface area contributed by atoms with E-state index in [-0.39, 0.29) is 11.5 Å². The second-order valence-electron chi connectivity index (χ2n) is 6.50. The van der Waals surface area contributed by atoms with E-state index >= 15 is 0 Å². The summed E-state index contributed by atoms with van der Waals surface area (Å²) in [6.07, 6.45) is 3.59. The number of aromatic nitrogens is 2. The van der Waals surface area contributed by atoms with Crippen molar-refractivity contribution in [2.24, 2.45) is 0 Å². The van der Waals surface area contributed by atoms with Crippen LogP contribution in [0.5, 0.6) is 0 Å². The summed E-state index contributed by atoms with van der Waals surface area (Å²) < 4.78 is 28.4. The zero-order chi connectivity index (χ0) is 17.2. The summed E-state index contributed by atoms with van der Waals surface area (Å²) in [5, 5.41) is 11.3. The van der Waals surface area contributed by atoms with Gasteiger partial charge in [-0.25, -0.2) is 8.78 Å². The van der Waals surface area contributed by atoms with Crippen LogP contribution < -0.4 is 0 Å². The van der Waals surface area contributed by atoms with Crippen LogP contribution in [0, 0.1) is 11.6 Å². The molecule has 1 fully saturated rings. The molecule has 1 aromatic carbocycles. The number of aromatic amines is 1. The molecule has 6 heteroatoms. The van der Waals surface area contributed by atoms with Crippen LogP contribution in [-0.2, 0) is 6.54 Å². The second-order valence-corrected chi connectivity index (χ2v) is 7.28. The highest BCUT2D eigenvalue weighted by molar-refractivity contribution is 7.07. The molecule has 3 nitrogen and oxygen atoms in total. The smallest absolute Gasteiger partial charge is 0.134 e. The van der Waals surface area contributed by atoms with Gasteiger partial charge in [-0.1, -0.05) is 6.07 Å². The lowest BCUT2D eigenvalue weighted by Gasteiger charge is -2.32. The first kappa shape index (κ1) is 16.4. The van der Waals surface area contributed by atoms with E-state index in [1.807, 2.05) is 0 Å². The molecule has 0 unspecified atom stereocenters. The molecule has 0 bridgehead atoms. The van der Waals surface area contributed by atoms with Crippen molar-refractivity contribution in [3.8, 4) is 11.1 Å². The highest BCUT2D eigenvalue weighted by Crippen LogP contribution is 2.35. The molecular formula is C19H19F2N3S. The summed E-state index contributed by atoms with van der Waals surface area (Å²) in [6, 6.07) is 6.11. The number of nitrogens with one attached hydrogen (secondary N) is 1. The third kappa shape index (κ3) is 3.37. The van der Waals surface area contributed by atoms with Gasteiger partial charge in [-0.05, 0) is 53.9 Å². The van der Waals surface area contributed by atoms with Crippen LogP contribution in [-0.4, -0.2) is 28.2 Å². The molecule has 130 valence electrons. The van der Waals surface area contributed by atoms with E-state index < -0.39 is 11.6 Å². The van der Waals surface area contributed by atoms with Crippen molar-refractivity contribution < 1.29 is 8.78 Å². The minimum Gasteiger partial charge on any atom is -0.298 e. The molecule has 1 N–H and O–H groups in total. The summed E-state index contributed by atoms with van der Waals surface area (Å²) in [4.78, 5) is 2.40. The van der Waals surface area contributed by atoms with Gasteiger partial charge in [0.2, 0.25) is 0 Å². The number of likely N-dealkylation sites (tertiary alicyclic amines) is 1. The Morgan fingerprint density at radius 2 is 2.08 bits per heavy atom. The van der Waals surface area contributed by atoms with E-state index in [4.69, 9.17) is 0 Å². The van der Waals surface area contributed by atoms with Crippen LogP contribution >= 0.6 is 11.3 Å². The van der Waals surface area contributed by atoms with Crippen molar-refractivity contribution in [3.05, 3.63) is 64.1 Å². The predicted molar refractivity (Wildman–Crippen MR) is 95.5 cm³/mol. The topological polar surface area (TPSA) is 31.9 Å². The summed E-state index contributed by atoms with van der Waals surface area (Å²) in [7, 11) is 0. The van der Waals surface area contributed by atoms with Crippen LogP contribution in [0.1, 0.15) is 30.0 Å². The van der Waals surface area contributed by atoms with E-state index in [2.05, 4.69) is 31.9 Å². The number of H-pyrrole nitrogens is 1. The third-order valence-corrected chi connectivity index (χ3v) is 5.53. The molecule has 1 atom stereocenters. The molecule has 0 amide bonds. The standard InChI is InChI=1S/C19H19F2N3S/c20-16-4-1-5-17(21)18(16)15-9-22-23-19(15)14-3-2-7-24(11-14)10-13-6-8-25-12-13/h1,4-6,8-9,12,14H,2-3,7,10-11H2,(H,22,23)/t14-/m0/s1. The van der Waals surface area contributed by atoms with Crippen LogP contribution in [0.3, 0.4) is 0 Å². The molecule has 3 heterocycles. The number of halogens is 2. The Hall–Kier alpha value is -2.05. The predicted octanol–water partition coefficient (Wildman–Crippen LogP) is 4.80. The molecule has 25 heavy (non-hydrogen) atoms. The summed E-state index contributed by atoms with van der Waals surface area (Å²) in [6.45, 7) is 2.82. The van der Waals surface area contributed by atoms with E-state index in [1.165, 1.54) is 30.0 Å². The molecule has 1 saturated heterocycles. The number of piperidine rings is 1. The molecule has 0 radical (unpaired) electrons. The number of rotatable bonds is 4. The van der Waals surface area contributed by atoms with Crippen LogP contribution in [0.4, 0.5) is 8.78 Å². The number of benzene rings is 1. The average Bonchev–Trinajstić information content (AvgIpc) is 3.27. The van der Waals surface area contributed by atoms with Gasteiger partial charge in [0.25, 0.3) is 0 Å². The molecule has 1 aliphatic heterocycles. The Kier molecular flexibility index (Phi) is 4.63. The molecule has 0 aliphatic carbocycles. The maximum atomic E-state index is 14.2. The van der Waals surface area contributed by atoms with Gasteiger partial charge in [0.05, 0.1) is 11.8 Å². The largest absolute Gasteiger partial charge is 0.298 e. The van der Waals surface area contributed by atoms with E-state index in [1.54, 1.807) is 11.3 Å². The first-order valence-electron chi connectivity index (χ1n) is 8.43. The van der Waals surface area contributed by atoms with Gasteiger partial charge in [0.1, 0.15) is 11.6 Å². The van der Waals surface area contributed by atoms with Gasteiger partial charge >= 0.3 is 0 Å². The van der Waals surface area contributed by atoms with E-state index in [0.717, 1.165) is 38.2 Å². The van der Waals surface area contributed by atoms with Crippen LogP contribution in [0.25, 0.3) is 11.1 Å². The number of hydrogen-bond donors (Lipinski definition) is 1. The average molecular weight is 359 g/mol. The van der Waals surface area contributed by atoms with Crippen molar-refractivity contribution >= 4 is 11.3 Å². The van der Waals surface area contributed by atoms with Crippen LogP contribution in [0.15, 0.2) is 41.2 Å². The lowest BCUT2D eigenvalue weighted by molar-refractivity contribution is 0.199. The number of hydrogen-bond acceptors (Lipinski definition) is 3. The minimum absolute atomic E-state index is 0.0150. The van der Waals surface area contributed by atoms with Crippen molar-refractivity contribution in [2.45, 2.75) is 25.3 Å². The van der Waals surface area contributed by atoms with Crippen molar-refractivity contribution in [1.29, 1.82) is 0 Å².